The van der Waals surface area contributed by atoms with Crippen LogP contribution in [0.25, 0.3) is 0 Å². The summed E-state index contributed by atoms with van der Waals surface area (Å²) in [6, 6.07) is 15.9. The molecule has 0 saturated carbocycles. The van der Waals surface area contributed by atoms with E-state index in [2.05, 4.69) is 11.2 Å². The highest BCUT2D eigenvalue weighted by molar-refractivity contribution is 5.90. The summed E-state index contributed by atoms with van der Waals surface area (Å²) >= 11 is 0. The first-order valence-corrected chi connectivity index (χ1v) is 25.2. The van der Waals surface area contributed by atoms with Crippen LogP contribution in [0.3, 0.4) is 0 Å². The highest BCUT2D eigenvalue weighted by Gasteiger charge is 2.58. The van der Waals surface area contributed by atoms with Crippen molar-refractivity contribution in [2.45, 2.75) is 179 Å². The third kappa shape index (κ3) is 12.2. The molecule has 4 heterocycles. The Balaban J connectivity index is 1.48. The number of ether oxygens (including phenoxy) is 10. The number of carbonyl (C=O) groups excluding carboxylic acids is 5. The Kier molecular flexibility index (Phi) is 18.4. The standard InChI is InChI=1S/C55H76N2O15/c1-15-27-64-54(10)29-31(3)42(58)33(5)45-55(11,72-52(62)56-45)40(16-2)67-48(59)35(7)43(68-41-30-53(9,63-14)47(36(8)66-41)70-50(61)38-25-21-18-22-26-38)34(6)46(54)71-51-44(39(57(12)13)28-32(4)65-51)69-49(60)37-23-19-17-20-24-37/h1,17-26,31-36,39-41,43-47,51H,16,27-30H2,2-14H3,(H,56,62)/t31-,32-,33-,34+,35-,36+,39+,40+,41+,43+,44-,45-,46-,47+,51+,53-,54+,55-/m1/s1. The molecule has 1 N–H and O–H groups in total. The van der Waals surface area contributed by atoms with E-state index in [0.717, 1.165) is 0 Å². The number of alkyl carbamates (subject to hydrolysis) is 1. The third-order valence-corrected chi connectivity index (χ3v) is 15.3. The molecule has 1 amide bonds. The lowest BCUT2D eigenvalue weighted by atomic mass is 9.73. The number of terminal acetylenes is 1. The normalized spacial score (nSPS) is 38.8. The molecule has 4 aliphatic heterocycles. The van der Waals surface area contributed by atoms with Crippen molar-refractivity contribution in [3.63, 3.8) is 0 Å². The van der Waals surface area contributed by atoms with Crippen LogP contribution < -0.4 is 5.32 Å². The average molecular weight is 1010 g/mol. The first-order valence-electron chi connectivity index (χ1n) is 25.2. The molecule has 6 rings (SSSR count). The van der Waals surface area contributed by atoms with Crippen LogP contribution in [0.5, 0.6) is 0 Å². The van der Waals surface area contributed by atoms with Crippen LogP contribution >= 0.6 is 0 Å². The van der Waals surface area contributed by atoms with E-state index >= 15 is 0 Å². The minimum absolute atomic E-state index is 0.0227. The van der Waals surface area contributed by atoms with Crippen molar-refractivity contribution < 1.29 is 71.3 Å². The lowest BCUT2D eigenvalue weighted by Gasteiger charge is -2.50. The van der Waals surface area contributed by atoms with Crippen molar-refractivity contribution in [3.05, 3.63) is 71.8 Å². The fraction of sp³-hybridized carbons (Fsp3) is 0.655. The molecule has 0 unspecified atom stereocenters. The summed E-state index contributed by atoms with van der Waals surface area (Å²) < 4.78 is 65.2. The van der Waals surface area contributed by atoms with Gasteiger partial charge in [-0.15, -0.1) is 6.42 Å². The van der Waals surface area contributed by atoms with Gasteiger partial charge in [0.1, 0.15) is 24.1 Å². The van der Waals surface area contributed by atoms with Crippen LogP contribution in [0.1, 0.15) is 116 Å². The first kappa shape index (κ1) is 56.4. The van der Waals surface area contributed by atoms with Crippen molar-refractivity contribution in [3.8, 4) is 12.3 Å². The molecular formula is C55H76N2O15. The number of carbonyl (C=O) groups is 5. The highest BCUT2D eigenvalue weighted by atomic mass is 16.7. The second kappa shape index (κ2) is 23.5. The molecule has 18 atom stereocenters. The number of benzene rings is 2. The molecule has 2 aromatic rings. The van der Waals surface area contributed by atoms with Gasteiger partial charge < -0.3 is 57.6 Å². The molecule has 0 spiro atoms. The number of Topliss-reactive ketones (excluding diaryl/α,β-unsaturated/α-hetero) is 1. The van der Waals surface area contributed by atoms with Gasteiger partial charge in [-0.1, -0.05) is 70.0 Å². The summed E-state index contributed by atoms with van der Waals surface area (Å²) in [5.74, 6) is -3.04. The molecule has 396 valence electrons. The van der Waals surface area contributed by atoms with Gasteiger partial charge in [0, 0.05) is 31.3 Å². The van der Waals surface area contributed by atoms with Gasteiger partial charge in [0.15, 0.2) is 30.4 Å². The van der Waals surface area contributed by atoms with Crippen LogP contribution in [-0.2, 0) is 57.0 Å². The van der Waals surface area contributed by atoms with Crippen LogP contribution in [0, 0.1) is 36.0 Å². The number of hydrogen-bond acceptors (Lipinski definition) is 16. The lowest BCUT2D eigenvalue weighted by Crippen LogP contribution is -2.62. The molecule has 0 aliphatic carbocycles. The zero-order valence-electron chi connectivity index (χ0n) is 44.1. The molecular weight excluding hydrogens is 929 g/mol. The fourth-order valence-corrected chi connectivity index (χ4v) is 11.3. The number of likely N-dealkylation sites (N-methyl/N-ethyl adjacent to an activating group) is 1. The van der Waals surface area contributed by atoms with E-state index in [9.17, 15) is 24.0 Å². The zero-order valence-corrected chi connectivity index (χ0v) is 44.1. The Morgan fingerprint density at radius 3 is 1.99 bits per heavy atom. The summed E-state index contributed by atoms with van der Waals surface area (Å²) in [6.07, 6.45) is -2.71. The molecule has 4 fully saturated rings. The van der Waals surface area contributed by atoms with Gasteiger partial charge >= 0.3 is 24.0 Å². The molecule has 17 heteroatoms. The topological polar surface area (TPSA) is 193 Å². The van der Waals surface area contributed by atoms with Crippen LogP contribution in [0.15, 0.2) is 60.7 Å². The molecule has 4 saturated heterocycles. The number of nitrogens with one attached hydrogen (secondary N) is 1. The van der Waals surface area contributed by atoms with E-state index in [1.807, 2.05) is 32.8 Å². The summed E-state index contributed by atoms with van der Waals surface area (Å²) in [5, 5.41) is 2.84. The summed E-state index contributed by atoms with van der Waals surface area (Å²) in [7, 11) is 5.29. The minimum Gasteiger partial charge on any atom is -0.458 e. The first-order chi connectivity index (χ1) is 34.0. The number of amides is 1. The lowest BCUT2D eigenvalue weighted by molar-refractivity contribution is -0.319. The van der Waals surface area contributed by atoms with Gasteiger partial charge in [-0.2, -0.15) is 0 Å². The SMILES string of the molecule is C#CCO[C@@]1(C)C[C@@H](C)C(=O)[C@@H](C)[C@H]2NC(=O)O[C@]2(C)[C@H](CC)OC(=O)[C@H](C)[C@@H](O[C@H]2C[C@@](C)(OC)[C@@H](OC(=O)c3ccccc3)[C@H](C)O2)[C@H](C)[C@H]1O[C@@H]1O[C@H](C)C[C@H](N(C)C)[C@H]1OC(=O)c1ccccc1. The Morgan fingerprint density at radius 2 is 1.42 bits per heavy atom. The van der Waals surface area contributed by atoms with Gasteiger partial charge in [0.05, 0.1) is 59.1 Å². The number of rotatable bonds is 13. The van der Waals surface area contributed by atoms with Gasteiger partial charge in [-0.25, -0.2) is 14.4 Å². The van der Waals surface area contributed by atoms with Crippen molar-refractivity contribution in [1.82, 2.24) is 10.2 Å². The van der Waals surface area contributed by atoms with Crippen molar-refractivity contribution >= 4 is 29.8 Å². The van der Waals surface area contributed by atoms with Gasteiger partial charge in [0.2, 0.25) is 0 Å². The Hall–Kier alpha value is -4.93. The number of cyclic esters (lactones) is 1. The van der Waals surface area contributed by atoms with Gasteiger partial charge in [-0.05, 0) is 99.2 Å². The fourth-order valence-electron chi connectivity index (χ4n) is 11.3. The summed E-state index contributed by atoms with van der Waals surface area (Å²) in [6.45, 7) is 17.5. The van der Waals surface area contributed by atoms with E-state index in [4.69, 9.17) is 53.8 Å². The molecule has 0 bridgehead atoms. The second-order valence-electron chi connectivity index (χ2n) is 20.9. The van der Waals surface area contributed by atoms with E-state index in [0.29, 0.717) is 17.5 Å². The predicted molar refractivity (Wildman–Crippen MR) is 263 cm³/mol. The zero-order chi connectivity index (χ0) is 52.9. The summed E-state index contributed by atoms with van der Waals surface area (Å²) in [5.41, 5.74) is -3.39. The number of nitrogens with zero attached hydrogens (tertiary/aromatic N) is 1. The average Bonchev–Trinajstić information content (AvgIpc) is 3.67. The van der Waals surface area contributed by atoms with Crippen LogP contribution in [0.4, 0.5) is 4.79 Å². The molecule has 72 heavy (non-hydrogen) atoms. The monoisotopic (exact) mass is 1000 g/mol. The van der Waals surface area contributed by atoms with E-state index < -0.39 is 126 Å². The van der Waals surface area contributed by atoms with Crippen LogP contribution in [-0.4, -0.2) is 147 Å². The second-order valence-corrected chi connectivity index (χ2v) is 20.9. The van der Waals surface area contributed by atoms with E-state index in [1.165, 1.54) is 7.11 Å². The Bertz CT molecular complexity index is 2240. The minimum atomic E-state index is -1.47. The molecule has 17 nitrogen and oxygen atoms in total. The van der Waals surface area contributed by atoms with Gasteiger partial charge in [0.25, 0.3) is 0 Å². The van der Waals surface area contributed by atoms with Crippen molar-refractivity contribution in [2.75, 3.05) is 27.8 Å². The number of hydrogen-bond donors (Lipinski definition) is 1. The summed E-state index contributed by atoms with van der Waals surface area (Å²) in [4.78, 5) is 72.3. The maximum Gasteiger partial charge on any atom is 0.408 e. The maximum atomic E-state index is 15.0. The quantitative estimate of drug-likeness (QED) is 0.123. The van der Waals surface area contributed by atoms with Gasteiger partial charge in [-0.3, -0.25) is 9.59 Å². The highest BCUT2D eigenvalue weighted by Crippen LogP contribution is 2.44. The van der Waals surface area contributed by atoms with Crippen molar-refractivity contribution in [2.24, 2.45) is 23.7 Å². The maximum absolute atomic E-state index is 15.0. The third-order valence-electron chi connectivity index (χ3n) is 15.3. The Labute approximate surface area is 424 Å². The number of ketones is 1. The van der Waals surface area contributed by atoms with Crippen LogP contribution in [0.2, 0.25) is 0 Å². The number of methoxy groups -OCH3 is 1. The number of esters is 3. The van der Waals surface area contributed by atoms with Crippen molar-refractivity contribution in [1.29, 1.82) is 0 Å². The Morgan fingerprint density at radius 1 is 0.806 bits per heavy atom. The number of fused-ring (bicyclic) bond motifs is 1. The van der Waals surface area contributed by atoms with E-state index in [-0.39, 0.29) is 37.8 Å². The predicted octanol–water partition coefficient (Wildman–Crippen LogP) is 6.93. The van der Waals surface area contributed by atoms with E-state index in [1.54, 1.807) is 116 Å². The molecule has 2 aromatic carbocycles. The molecule has 0 radical (unpaired) electrons. The largest absolute Gasteiger partial charge is 0.458 e. The molecule has 0 aromatic heterocycles. The molecule has 4 aliphatic rings. The smallest absolute Gasteiger partial charge is 0.408 e.